The fraction of sp³-hybridized carbons (Fsp3) is 0. The molecule has 0 aliphatic heterocycles. The van der Waals surface area contributed by atoms with Crippen LogP contribution in [0.2, 0.25) is 5.02 Å². The number of halogens is 1. The van der Waals surface area contributed by atoms with Gasteiger partial charge in [0.1, 0.15) is 5.75 Å². The van der Waals surface area contributed by atoms with Crippen LogP contribution >= 0.6 is 11.6 Å². The summed E-state index contributed by atoms with van der Waals surface area (Å²) in [6.07, 6.45) is 0. The minimum absolute atomic E-state index is 0.148. The Morgan fingerprint density at radius 3 is 2.62 bits per heavy atom. The molecule has 2 N–H and O–H groups in total. The van der Waals surface area contributed by atoms with E-state index in [1.54, 1.807) is 42.5 Å². The van der Waals surface area contributed by atoms with Gasteiger partial charge in [-0.25, -0.2) is 9.89 Å². The van der Waals surface area contributed by atoms with Gasteiger partial charge in [0.2, 0.25) is 5.69 Å². The van der Waals surface area contributed by atoms with Gasteiger partial charge in [-0.05, 0) is 29.8 Å². The molecule has 0 saturated heterocycles. The molecular weight excluding hydrogens is 332 g/mol. The number of carboxylic acids is 1. The van der Waals surface area contributed by atoms with Gasteiger partial charge in [-0.2, -0.15) is 5.26 Å². The largest absolute Gasteiger partial charge is 0.476 e. The third-order valence-corrected chi connectivity index (χ3v) is 3.52. The molecular formula is C16H9ClN4O3. The smallest absolute Gasteiger partial charge is 0.359 e. The second-order valence-corrected chi connectivity index (χ2v) is 5.14. The van der Waals surface area contributed by atoms with Crippen molar-refractivity contribution in [3.05, 3.63) is 58.7 Å². The molecule has 8 heteroatoms. The maximum Gasteiger partial charge on any atom is 0.359 e. The second kappa shape index (κ2) is 6.40. The number of ether oxygens (including phenoxy) is 1. The minimum atomic E-state index is -1.23. The van der Waals surface area contributed by atoms with Crippen LogP contribution in [0.4, 0.5) is 0 Å². The molecule has 24 heavy (non-hydrogen) atoms. The molecule has 2 aromatic carbocycles. The monoisotopic (exact) mass is 340 g/mol. The number of aromatic carboxylic acids is 1. The van der Waals surface area contributed by atoms with Gasteiger partial charge in [0.15, 0.2) is 0 Å². The quantitative estimate of drug-likeness (QED) is 0.751. The highest BCUT2D eigenvalue weighted by Gasteiger charge is 2.17. The number of carbonyl (C=O) groups is 1. The number of nitrogens with one attached hydrogen (secondary N) is 1. The van der Waals surface area contributed by atoms with E-state index in [0.717, 1.165) is 11.1 Å². The maximum absolute atomic E-state index is 11.0. The highest BCUT2D eigenvalue weighted by atomic mass is 35.5. The average Bonchev–Trinajstić information content (AvgIpc) is 3.03. The number of hydrogen-bond acceptors (Lipinski definition) is 5. The highest BCUT2D eigenvalue weighted by molar-refractivity contribution is 6.33. The molecule has 3 aromatic rings. The summed E-state index contributed by atoms with van der Waals surface area (Å²) >= 11 is 6.27. The molecule has 0 aliphatic rings. The molecule has 0 fully saturated rings. The van der Waals surface area contributed by atoms with Crippen molar-refractivity contribution in [3.63, 3.8) is 0 Å². The van der Waals surface area contributed by atoms with E-state index in [4.69, 9.17) is 26.7 Å². The Morgan fingerprint density at radius 1 is 1.25 bits per heavy atom. The molecule has 0 amide bonds. The standard InChI is InChI=1S/C16H9ClN4O3/c17-13-7-11(24-15-14(16(22)23)19-21-20-15)5-6-12(13)10-3-1-9(8-18)2-4-10/h1-7H,(H,22,23)(H,19,20,21). The lowest BCUT2D eigenvalue weighted by Crippen LogP contribution is -1.99. The zero-order chi connectivity index (χ0) is 17.1. The Labute approximate surface area is 141 Å². The number of hydrogen-bond donors (Lipinski definition) is 2. The van der Waals surface area contributed by atoms with Crippen LogP contribution in [0, 0.1) is 11.3 Å². The predicted octanol–water partition coefficient (Wildman–Crippen LogP) is 3.49. The highest BCUT2D eigenvalue weighted by Crippen LogP contribution is 2.33. The van der Waals surface area contributed by atoms with Crippen LogP contribution in [0.15, 0.2) is 42.5 Å². The Bertz CT molecular complexity index is 945. The van der Waals surface area contributed by atoms with E-state index in [1.807, 2.05) is 0 Å². The van der Waals surface area contributed by atoms with Gasteiger partial charge in [-0.3, -0.25) is 0 Å². The van der Waals surface area contributed by atoms with Crippen LogP contribution in [-0.4, -0.2) is 26.5 Å². The summed E-state index contributed by atoms with van der Waals surface area (Å²) in [5.41, 5.74) is 1.91. The molecule has 0 radical (unpaired) electrons. The van der Waals surface area contributed by atoms with E-state index in [9.17, 15) is 4.79 Å². The van der Waals surface area contributed by atoms with Crippen LogP contribution in [-0.2, 0) is 0 Å². The fourth-order valence-corrected chi connectivity index (χ4v) is 2.34. The van der Waals surface area contributed by atoms with Crippen molar-refractivity contribution in [2.75, 3.05) is 0 Å². The van der Waals surface area contributed by atoms with Gasteiger partial charge in [0, 0.05) is 11.6 Å². The Hall–Kier alpha value is -3.37. The fourth-order valence-electron chi connectivity index (χ4n) is 2.06. The molecule has 0 saturated carbocycles. The molecule has 0 unspecified atom stereocenters. The zero-order valence-electron chi connectivity index (χ0n) is 12.0. The van der Waals surface area contributed by atoms with Crippen molar-refractivity contribution in [2.45, 2.75) is 0 Å². The Balaban J connectivity index is 1.88. The summed E-state index contributed by atoms with van der Waals surface area (Å²) in [5, 5.41) is 27.4. The number of H-pyrrole nitrogens is 1. The number of aromatic amines is 1. The number of aromatic nitrogens is 3. The van der Waals surface area contributed by atoms with E-state index in [-0.39, 0.29) is 11.6 Å². The minimum Gasteiger partial charge on any atom is -0.476 e. The van der Waals surface area contributed by atoms with E-state index < -0.39 is 5.97 Å². The van der Waals surface area contributed by atoms with Crippen molar-refractivity contribution in [3.8, 4) is 28.8 Å². The SMILES string of the molecule is N#Cc1ccc(-c2ccc(Oc3nn[nH]c3C(=O)O)cc2Cl)cc1. The molecule has 0 aliphatic carbocycles. The maximum atomic E-state index is 11.0. The van der Waals surface area contributed by atoms with Gasteiger partial charge in [-0.1, -0.05) is 34.0 Å². The van der Waals surface area contributed by atoms with E-state index in [1.165, 1.54) is 0 Å². The van der Waals surface area contributed by atoms with Crippen LogP contribution in [0.1, 0.15) is 16.1 Å². The number of nitrogens with zero attached hydrogens (tertiary/aromatic N) is 3. The summed E-state index contributed by atoms with van der Waals surface area (Å²) in [5.74, 6) is -1.05. The van der Waals surface area contributed by atoms with Crippen molar-refractivity contribution in [1.29, 1.82) is 5.26 Å². The summed E-state index contributed by atoms with van der Waals surface area (Å²) < 4.78 is 5.41. The molecule has 118 valence electrons. The van der Waals surface area contributed by atoms with Crippen molar-refractivity contribution in [2.24, 2.45) is 0 Å². The molecule has 0 atom stereocenters. The Kier molecular flexibility index (Phi) is 4.14. The third kappa shape index (κ3) is 3.04. The summed E-state index contributed by atoms with van der Waals surface area (Å²) in [7, 11) is 0. The molecule has 1 aromatic heterocycles. The molecule has 1 heterocycles. The van der Waals surface area contributed by atoms with Gasteiger partial charge in [0.25, 0.3) is 5.88 Å². The Morgan fingerprint density at radius 2 is 2.00 bits per heavy atom. The van der Waals surface area contributed by atoms with Gasteiger partial charge in [0.05, 0.1) is 16.7 Å². The number of benzene rings is 2. The molecule has 0 bridgehead atoms. The van der Waals surface area contributed by atoms with E-state index >= 15 is 0 Å². The first-order valence-electron chi connectivity index (χ1n) is 6.71. The van der Waals surface area contributed by atoms with Crippen LogP contribution < -0.4 is 4.74 Å². The first kappa shape index (κ1) is 15.5. The van der Waals surface area contributed by atoms with Crippen LogP contribution in [0.5, 0.6) is 11.6 Å². The van der Waals surface area contributed by atoms with E-state index in [2.05, 4.69) is 21.5 Å². The number of rotatable bonds is 4. The lowest BCUT2D eigenvalue weighted by molar-refractivity contribution is 0.0687. The molecule has 0 spiro atoms. The van der Waals surface area contributed by atoms with Crippen LogP contribution in [0.3, 0.4) is 0 Å². The zero-order valence-corrected chi connectivity index (χ0v) is 12.8. The number of nitriles is 1. The number of carboxylic acid groups (broad SMARTS) is 1. The molecule has 7 nitrogen and oxygen atoms in total. The summed E-state index contributed by atoms with van der Waals surface area (Å²) in [6.45, 7) is 0. The van der Waals surface area contributed by atoms with Crippen molar-refractivity contribution < 1.29 is 14.6 Å². The van der Waals surface area contributed by atoms with Gasteiger partial charge in [-0.15, -0.1) is 0 Å². The van der Waals surface area contributed by atoms with Crippen LogP contribution in [0.25, 0.3) is 11.1 Å². The lowest BCUT2D eigenvalue weighted by Gasteiger charge is -2.08. The normalized spacial score (nSPS) is 10.2. The summed E-state index contributed by atoms with van der Waals surface area (Å²) in [6, 6.07) is 14.0. The first-order chi connectivity index (χ1) is 11.6. The first-order valence-corrected chi connectivity index (χ1v) is 7.08. The predicted molar refractivity (Wildman–Crippen MR) is 85.0 cm³/mol. The lowest BCUT2D eigenvalue weighted by atomic mass is 10.0. The van der Waals surface area contributed by atoms with Crippen molar-refractivity contribution in [1.82, 2.24) is 15.4 Å². The average molecular weight is 341 g/mol. The molecule has 3 rings (SSSR count). The third-order valence-electron chi connectivity index (χ3n) is 3.21. The second-order valence-electron chi connectivity index (χ2n) is 4.73. The topological polar surface area (TPSA) is 112 Å². The van der Waals surface area contributed by atoms with Gasteiger partial charge < -0.3 is 9.84 Å². The van der Waals surface area contributed by atoms with E-state index in [0.29, 0.717) is 16.3 Å². The van der Waals surface area contributed by atoms with Crippen molar-refractivity contribution >= 4 is 17.6 Å². The summed E-state index contributed by atoms with van der Waals surface area (Å²) in [4.78, 5) is 11.0. The van der Waals surface area contributed by atoms with Gasteiger partial charge >= 0.3 is 5.97 Å².